The summed E-state index contributed by atoms with van der Waals surface area (Å²) in [6, 6.07) is 1.36. The molecule has 1 unspecified atom stereocenters. The highest BCUT2D eigenvalue weighted by Gasteiger charge is 2.26. The van der Waals surface area contributed by atoms with Gasteiger partial charge in [-0.1, -0.05) is 6.92 Å². The lowest BCUT2D eigenvalue weighted by molar-refractivity contribution is 0.190. The summed E-state index contributed by atoms with van der Waals surface area (Å²) in [6.45, 7) is 9.41. The first-order valence-electron chi connectivity index (χ1n) is 6.08. The van der Waals surface area contributed by atoms with Gasteiger partial charge in [0.15, 0.2) is 0 Å². The predicted octanol–water partition coefficient (Wildman–Crippen LogP) is 2.10. The summed E-state index contributed by atoms with van der Waals surface area (Å²) >= 11 is 0. The average Bonchev–Trinajstić information content (AvgIpc) is 2.95. The zero-order chi connectivity index (χ0) is 10.6. The van der Waals surface area contributed by atoms with Crippen molar-refractivity contribution in [1.82, 2.24) is 10.2 Å². The molecule has 14 heavy (non-hydrogen) atoms. The van der Waals surface area contributed by atoms with Crippen molar-refractivity contribution in [2.24, 2.45) is 5.92 Å². The molecule has 1 atom stereocenters. The number of likely N-dealkylation sites (N-methyl/N-ethyl adjacent to an activating group) is 1. The number of hydrogen-bond acceptors (Lipinski definition) is 2. The van der Waals surface area contributed by atoms with Gasteiger partial charge >= 0.3 is 0 Å². The van der Waals surface area contributed by atoms with Crippen LogP contribution < -0.4 is 5.32 Å². The van der Waals surface area contributed by atoms with Crippen LogP contribution in [0, 0.1) is 5.92 Å². The molecule has 0 amide bonds. The Morgan fingerprint density at radius 2 is 2.00 bits per heavy atom. The normalized spacial score (nSPS) is 19.3. The third kappa shape index (κ3) is 3.97. The summed E-state index contributed by atoms with van der Waals surface area (Å²) < 4.78 is 0. The van der Waals surface area contributed by atoms with Gasteiger partial charge in [0.25, 0.3) is 0 Å². The molecule has 0 saturated heterocycles. The maximum absolute atomic E-state index is 3.39. The Morgan fingerprint density at radius 1 is 1.36 bits per heavy atom. The van der Waals surface area contributed by atoms with Crippen LogP contribution >= 0.6 is 0 Å². The molecular weight excluding hydrogens is 172 g/mol. The van der Waals surface area contributed by atoms with E-state index in [2.05, 4.69) is 38.0 Å². The molecule has 0 aromatic heterocycles. The van der Waals surface area contributed by atoms with Gasteiger partial charge in [-0.2, -0.15) is 0 Å². The standard InChI is InChI=1S/C12H26N2/c1-5-12(13-4)9-14(10(2)3)8-11-6-7-11/h10-13H,5-9H2,1-4H3. The van der Waals surface area contributed by atoms with Crippen molar-refractivity contribution in [2.75, 3.05) is 20.1 Å². The minimum Gasteiger partial charge on any atom is -0.316 e. The molecule has 1 rings (SSSR count). The minimum absolute atomic E-state index is 0.663. The molecule has 1 fully saturated rings. The molecule has 0 bridgehead atoms. The summed E-state index contributed by atoms with van der Waals surface area (Å²) in [7, 11) is 2.07. The molecule has 84 valence electrons. The largest absolute Gasteiger partial charge is 0.316 e. The molecular formula is C12H26N2. The van der Waals surface area contributed by atoms with Gasteiger partial charge in [-0.15, -0.1) is 0 Å². The molecule has 0 aliphatic heterocycles. The van der Waals surface area contributed by atoms with Crippen molar-refractivity contribution in [3.63, 3.8) is 0 Å². The number of hydrogen-bond donors (Lipinski definition) is 1. The number of nitrogens with zero attached hydrogens (tertiary/aromatic N) is 1. The van der Waals surface area contributed by atoms with Crippen LogP contribution in [-0.2, 0) is 0 Å². The second-order valence-electron chi connectivity index (χ2n) is 4.88. The lowest BCUT2D eigenvalue weighted by Crippen LogP contribution is -2.43. The maximum atomic E-state index is 3.39. The summed E-state index contributed by atoms with van der Waals surface area (Å²) in [5, 5.41) is 3.39. The molecule has 1 N–H and O–H groups in total. The van der Waals surface area contributed by atoms with E-state index in [4.69, 9.17) is 0 Å². The van der Waals surface area contributed by atoms with Crippen molar-refractivity contribution in [3.8, 4) is 0 Å². The van der Waals surface area contributed by atoms with Crippen LogP contribution in [0.2, 0.25) is 0 Å². The minimum atomic E-state index is 0.663. The summed E-state index contributed by atoms with van der Waals surface area (Å²) in [6.07, 6.45) is 4.14. The molecule has 0 heterocycles. The average molecular weight is 198 g/mol. The van der Waals surface area contributed by atoms with E-state index in [0.717, 1.165) is 5.92 Å². The molecule has 0 radical (unpaired) electrons. The SMILES string of the molecule is CCC(CN(CC1CC1)C(C)C)NC. The first-order valence-corrected chi connectivity index (χ1v) is 6.08. The molecule has 1 aliphatic rings. The predicted molar refractivity (Wildman–Crippen MR) is 62.6 cm³/mol. The monoisotopic (exact) mass is 198 g/mol. The number of nitrogens with one attached hydrogen (secondary N) is 1. The van der Waals surface area contributed by atoms with E-state index in [0.29, 0.717) is 12.1 Å². The van der Waals surface area contributed by atoms with E-state index >= 15 is 0 Å². The van der Waals surface area contributed by atoms with Gasteiger partial charge in [0.2, 0.25) is 0 Å². The Bertz CT molecular complexity index is 148. The van der Waals surface area contributed by atoms with Crippen LogP contribution in [0.1, 0.15) is 40.0 Å². The highest BCUT2D eigenvalue weighted by Crippen LogP contribution is 2.30. The lowest BCUT2D eigenvalue weighted by Gasteiger charge is -2.30. The fourth-order valence-electron chi connectivity index (χ4n) is 1.84. The van der Waals surface area contributed by atoms with Gasteiger partial charge in [-0.05, 0) is 46.1 Å². The lowest BCUT2D eigenvalue weighted by atomic mass is 10.1. The van der Waals surface area contributed by atoms with Gasteiger partial charge in [0.1, 0.15) is 0 Å². The van der Waals surface area contributed by atoms with E-state index in [1.165, 1.54) is 32.4 Å². The van der Waals surface area contributed by atoms with Gasteiger partial charge in [0.05, 0.1) is 0 Å². The first kappa shape index (κ1) is 12.0. The highest BCUT2D eigenvalue weighted by atomic mass is 15.2. The maximum Gasteiger partial charge on any atom is 0.0189 e. The summed E-state index contributed by atoms with van der Waals surface area (Å²) in [5.74, 6) is 1.01. The van der Waals surface area contributed by atoms with E-state index in [-0.39, 0.29) is 0 Å². The fourth-order valence-corrected chi connectivity index (χ4v) is 1.84. The Morgan fingerprint density at radius 3 is 2.36 bits per heavy atom. The summed E-state index contributed by atoms with van der Waals surface area (Å²) in [5.41, 5.74) is 0. The number of rotatable bonds is 7. The van der Waals surface area contributed by atoms with Crippen LogP contribution in [0.15, 0.2) is 0 Å². The molecule has 1 saturated carbocycles. The van der Waals surface area contributed by atoms with Crippen molar-refractivity contribution in [1.29, 1.82) is 0 Å². The van der Waals surface area contributed by atoms with Gasteiger partial charge < -0.3 is 5.32 Å². The second kappa shape index (κ2) is 5.72. The third-order valence-electron chi connectivity index (χ3n) is 3.28. The van der Waals surface area contributed by atoms with Gasteiger partial charge in [-0.3, -0.25) is 4.90 Å². The van der Waals surface area contributed by atoms with Crippen LogP contribution in [0.25, 0.3) is 0 Å². The Kier molecular flexibility index (Phi) is 4.90. The fraction of sp³-hybridized carbons (Fsp3) is 1.00. The quantitative estimate of drug-likeness (QED) is 0.674. The molecule has 0 spiro atoms. The van der Waals surface area contributed by atoms with Crippen molar-refractivity contribution < 1.29 is 0 Å². The Hall–Kier alpha value is -0.0800. The van der Waals surface area contributed by atoms with Crippen molar-refractivity contribution in [3.05, 3.63) is 0 Å². The van der Waals surface area contributed by atoms with E-state index < -0.39 is 0 Å². The first-order chi connectivity index (χ1) is 6.67. The van der Waals surface area contributed by atoms with Gasteiger partial charge in [0, 0.05) is 25.2 Å². The summed E-state index contributed by atoms with van der Waals surface area (Å²) in [4.78, 5) is 2.63. The second-order valence-corrected chi connectivity index (χ2v) is 4.88. The van der Waals surface area contributed by atoms with E-state index in [1.807, 2.05) is 0 Å². The molecule has 2 nitrogen and oxygen atoms in total. The van der Waals surface area contributed by atoms with Gasteiger partial charge in [-0.25, -0.2) is 0 Å². The van der Waals surface area contributed by atoms with E-state index in [9.17, 15) is 0 Å². The van der Waals surface area contributed by atoms with Crippen molar-refractivity contribution >= 4 is 0 Å². The zero-order valence-corrected chi connectivity index (χ0v) is 10.2. The van der Waals surface area contributed by atoms with Crippen LogP contribution in [-0.4, -0.2) is 37.1 Å². The molecule has 0 aromatic carbocycles. The topological polar surface area (TPSA) is 15.3 Å². The Labute approximate surface area is 89.1 Å². The van der Waals surface area contributed by atoms with Crippen LogP contribution in [0.3, 0.4) is 0 Å². The zero-order valence-electron chi connectivity index (χ0n) is 10.2. The molecule has 1 aliphatic carbocycles. The molecule has 2 heteroatoms. The smallest absolute Gasteiger partial charge is 0.0189 e. The van der Waals surface area contributed by atoms with Crippen LogP contribution in [0.4, 0.5) is 0 Å². The third-order valence-corrected chi connectivity index (χ3v) is 3.28. The van der Waals surface area contributed by atoms with Crippen molar-refractivity contribution in [2.45, 2.75) is 52.1 Å². The van der Waals surface area contributed by atoms with E-state index in [1.54, 1.807) is 0 Å². The Balaban J connectivity index is 2.32. The van der Waals surface area contributed by atoms with Crippen LogP contribution in [0.5, 0.6) is 0 Å². The molecule has 0 aromatic rings. The highest BCUT2D eigenvalue weighted by molar-refractivity contribution is 4.81.